The number of carbonyl (C=O) groups is 1. The molecule has 1 aromatic heterocycles. The molecule has 27 heavy (non-hydrogen) atoms. The molecule has 0 aliphatic carbocycles. The van der Waals surface area contributed by atoms with Crippen LogP contribution < -0.4 is 10.1 Å². The number of nitrogens with one attached hydrogen (secondary N) is 1. The molecule has 0 fully saturated rings. The number of ether oxygens (including phenoxy) is 1. The Kier molecular flexibility index (Phi) is 7.50. The summed E-state index contributed by atoms with van der Waals surface area (Å²) < 4.78 is 5.74. The van der Waals surface area contributed by atoms with E-state index in [-0.39, 0.29) is 17.6 Å². The normalized spacial score (nSPS) is 12.5. The van der Waals surface area contributed by atoms with Crippen molar-refractivity contribution in [3.05, 3.63) is 45.4 Å². The highest BCUT2D eigenvalue weighted by atomic mass is 35.5. The van der Waals surface area contributed by atoms with Crippen LogP contribution in [-0.2, 0) is 13.2 Å². The molecular weight excluding hydrogens is 382 g/mol. The van der Waals surface area contributed by atoms with Crippen molar-refractivity contribution in [1.82, 2.24) is 15.2 Å². The fourth-order valence-corrected chi connectivity index (χ4v) is 3.20. The van der Waals surface area contributed by atoms with Crippen LogP contribution >= 0.6 is 22.9 Å². The standard InChI is InChI=1S/C20H28ClN3O2S/c1-6-14(2)24(19(25)23-20(3,4)5)11-16-13-27-18(22-16)12-26-17-9-7-15(21)8-10-17/h7-10,13-14H,6,11-12H2,1-5H3,(H,23,25)/t14-/m0/s1. The molecule has 0 unspecified atom stereocenters. The molecule has 148 valence electrons. The summed E-state index contributed by atoms with van der Waals surface area (Å²) in [4.78, 5) is 19.1. The van der Waals surface area contributed by atoms with Gasteiger partial charge in [0.2, 0.25) is 0 Å². The molecule has 1 atom stereocenters. The van der Waals surface area contributed by atoms with E-state index in [4.69, 9.17) is 16.3 Å². The van der Waals surface area contributed by atoms with Gasteiger partial charge in [-0.3, -0.25) is 0 Å². The van der Waals surface area contributed by atoms with E-state index in [1.807, 2.05) is 43.2 Å². The third kappa shape index (κ3) is 7.03. The summed E-state index contributed by atoms with van der Waals surface area (Å²) in [6.07, 6.45) is 0.883. The number of thiazole rings is 1. The second kappa shape index (κ2) is 9.42. The fraction of sp³-hybridized carbons (Fsp3) is 0.500. The van der Waals surface area contributed by atoms with E-state index in [0.29, 0.717) is 18.2 Å². The van der Waals surface area contributed by atoms with E-state index in [1.54, 1.807) is 12.1 Å². The second-order valence-corrected chi connectivity index (χ2v) is 8.92. The first kappa shape index (κ1) is 21.5. The average molecular weight is 410 g/mol. The Morgan fingerprint density at radius 1 is 1.33 bits per heavy atom. The molecule has 7 heteroatoms. The number of halogens is 1. The predicted octanol–water partition coefficient (Wildman–Crippen LogP) is 5.48. The maximum atomic E-state index is 12.7. The molecule has 0 saturated carbocycles. The number of aromatic nitrogens is 1. The summed E-state index contributed by atoms with van der Waals surface area (Å²) in [5, 5.41) is 6.58. The van der Waals surface area contributed by atoms with Crippen molar-refractivity contribution in [2.24, 2.45) is 0 Å². The molecular formula is C20H28ClN3O2S. The van der Waals surface area contributed by atoms with Crippen LogP contribution in [0.3, 0.4) is 0 Å². The highest BCUT2D eigenvalue weighted by molar-refractivity contribution is 7.09. The lowest BCUT2D eigenvalue weighted by molar-refractivity contribution is 0.164. The molecule has 1 aromatic carbocycles. The predicted molar refractivity (Wildman–Crippen MR) is 111 cm³/mol. The monoisotopic (exact) mass is 409 g/mol. The van der Waals surface area contributed by atoms with E-state index in [9.17, 15) is 4.79 Å². The molecule has 2 rings (SSSR count). The summed E-state index contributed by atoms with van der Waals surface area (Å²) >= 11 is 7.42. The van der Waals surface area contributed by atoms with Crippen molar-refractivity contribution in [2.45, 2.75) is 65.8 Å². The zero-order valence-corrected chi connectivity index (χ0v) is 18.2. The maximum Gasteiger partial charge on any atom is 0.318 e. The second-order valence-electron chi connectivity index (χ2n) is 7.54. The average Bonchev–Trinajstić information content (AvgIpc) is 3.04. The van der Waals surface area contributed by atoms with Gasteiger partial charge in [-0.15, -0.1) is 11.3 Å². The molecule has 2 aromatic rings. The number of benzene rings is 1. The highest BCUT2D eigenvalue weighted by Crippen LogP contribution is 2.19. The van der Waals surface area contributed by atoms with Gasteiger partial charge in [-0.2, -0.15) is 0 Å². The molecule has 1 heterocycles. The van der Waals surface area contributed by atoms with Gasteiger partial charge in [0.25, 0.3) is 0 Å². The summed E-state index contributed by atoms with van der Waals surface area (Å²) in [5.74, 6) is 0.752. The number of hydrogen-bond acceptors (Lipinski definition) is 4. The van der Waals surface area contributed by atoms with E-state index < -0.39 is 0 Å². The first-order valence-corrected chi connectivity index (χ1v) is 10.3. The lowest BCUT2D eigenvalue weighted by Gasteiger charge is -2.32. The van der Waals surface area contributed by atoms with Gasteiger partial charge in [0, 0.05) is 22.0 Å². The summed E-state index contributed by atoms with van der Waals surface area (Å²) in [7, 11) is 0. The zero-order chi connectivity index (χ0) is 20.0. The lowest BCUT2D eigenvalue weighted by atomic mass is 10.1. The Bertz CT molecular complexity index is 740. The van der Waals surface area contributed by atoms with E-state index in [1.165, 1.54) is 11.3 Å². The first-order chi connectivity index (χ1) is 12.7. The van der Waals surface area contributed by atoms with Gasteiger partial charge in [0.1, 0.15) is 17.4 Å². The number of carbonyl (C=O) groups excluding carboxylic acids is 1. The van der Waals surface area contributed by atoms with Crippen LogP contribution in [0.4, 0.5) is 4.79 Å². The van der Waals surface area contributed by atoms with Crippen LogP contribution in [0.1, 0.15) is 51.7 Å². The molecule has 0 aliphatic heterocycles. The molecule has 0 radical (unpaired) electrons. The van der Waals surface area contributed by atoms with Gasteiger partial charge < -0.3 is 15.0 Å². The Morgan fingerprint density at radius 3 is 2.59 bits per heavy atom. The van der Waals surface area contributed by atoms with Crippen molar-refractivity contribution < 1.29 is 9.53 Å². The Labute approximate surface area is 170 Å². The van der Waals surface area contributed by atoms with Gasteiger partial charge in [0.05, 0.1) is 12.2 Å². The summed E-state index contributed by atoms with van der Waals surface area (Å²) in [6, 6.07) is 7.31. The molecule has 0 spiro atoms. The van der Waals surface area contributed by atoms with Crippen LogP contribution in [-0.4, -0.2) is 27.5 Å². The van der Waals surface area contributed by atoms with Crippen molar-refractivity contribution in [3.63, 3.8) is 0 Å². The first-order valence-electron chi connectivity index (χ1n) is 9.08. The lowest BCUT2D eigenvalue weighted by Crippen LogP contribution is -2.50. The number of hydrogen-bond donors (Lipinski definition) is 1. The van der Waals surface area contributed by atoms with Crippen LogP contribution in [0, 0.1) is 0 Å². The van der Waals surface area contributed by atoms with Crippen LogP contribution in [0.2, 0.25) is 5.02 Å². The molecule has 5 nitrogen and oxygen atoms in total. The van der Waals surface area contributed by atoms with Crippen molar-refractivity contribution >= 4 is 29.0 Å². The van der Waals surface area contributed by atoms with Crippen molar-refractivity contribution in [3.8, 4) is 5.75 Å². The topological polar surface area (TPSA) is 54.5 Å². The number of urea groups is 1. The Balaban J connectivity index is 1.99. The smallest absolute Gasteiger partial charge is 0.318 e. The third-order valence-electron chi connectivity index (χ3n) is 3.97. The quantitative estimate of drug-likeness (QED) is 0.658. The summed E-state index contributed by atoms with van der Waals surface area (Å²) in [6.45, 7) is 10.9. The van der Waals surface area contributed by atoms with Gasteiger partial charge in [0.15, 0.2) is 0 Å². The van der Waals surface area contributed by atoms with Crippen LogP contribution in [0.5, 0.6) is 5.75 Å². The van der Waals surface area contributed by atoms with Gasteiger partial charge in [-0.1, -0.05) is 18.5 Å². The number of rotatable bonds is 7. The van der Waals surface area contributed by atoms with Crippen LogP contribution in [0.15, 0.2) is 29.6 Å². The molecule has 0 aliphatic rings. The van der Waals surface area contributed by atoms with Crippen molar-refractivity contribution in [1.29, 1.82) is 0 Å². The molecule has 2 amide bonds. The highest BCUT2D eigenvalue weighted by Gasteiger charge is 2.24. The fourth-order valence-electron chi connectivity index (χ4n) is 2.38. The minimum Gasteiger partial charge on any atom is -0.486 e. The largest absolute Gasteiger partial charge is 0.486 e. The van der Waals surface area contributed by atoms with Gasteiger partial charge in [-0.25, -0.2) is 9.78 Å². The minimum absolute atomic E-state index is 0.0659. The van der Waals surface area contributed by atoms with Crippen molar-refractivity contribution in [2.75, 3.05) is 0 Å². The van der Waals surface area contributed by atoms with E-state index in [0.717, 1.165) is 22.9 Å². The molecule has 0 bridgehead atoms. The SMILES string of the molecule is CC[C@H](C)N(Cc1csc(COc2ccc(Cl)cc2)n1)C(=O)NC(C)(C)C. The number of amides is 2. The van der Waals surface area contributed by atoms with Crippen LogP contribution in [0.25, 0.3) is 0 Å². The maximum absolute atomic E-state index is 12.7. The zero-order valence-electron chi connectivity index (χ0n) is 16.6. The third-order valence-corrected chi connectivity index (χ3v) is 5.10. The van der Waals surface area contributed by atoms with E-state index in [2.05, 4.69) is 24.1 Å². The van der Waals surface area contributed by atoms with Gasteiger partial charge in [-0.05, 0) is 58.4 Å². The molecule has 1 N–H and O–H groups in total. The molecule has 0 saturated heterocycles. The minimum atomic E-state index is -0.275. The summed E-state index contributed by atoms with van der Waals surface area (Å²) in [5.41, 5.74) is 0.599. The van der Waals surface area contributed by atoms with E-state index >= 15 is 0 Å². The van der Waals surface area contributed by atoms with Gasteiger partial charge >= 0.3 is 6.03 Å². The Morgan fingerprint density at radius 2 is 2.00 bits per heavy atom. The number of nitrogens with zero attached hydrogens (tertiary/aromatic N) is 2. The Hall–Kier alpha value is -1.79.